The number of carbonyl (C=O) groups is 1. The second-order valence-electron chi connectivity index (χ2n) is 8.01. The first-order valence-corrected chi connectivity index (χ1v) is 11.6. The van der Waals surface area contributed by atoms with Crippen LogP contribution in [0.3, 0.4) is 0 Å². The van der Waals surface area contributed by atoms with Gasteiger partial charge in [0.2, 0.25) is 10.0 Å². The first-order valence-electron chi connectivity index (χ1n) is 10.2. The lowest BCUT2D eigenvalue weighted by Gasteiger charge is -2.39. The lowest BCUT2D eigenvalue weighted by Crippen LogP contribution is -2.50. The number of oxazole rings is 1. The lowest BCUT2D eigenvalue weighted by atomic mass is 10.0. The molecule has 0 radical (unpaired) electrons. The van der Waals surface area contributed by atoms with Crippen molar-refractivity contribution in [1.29, 1.82) is 0 Å². The molecule has 2 aliphatic rings. The van der Waals surface area contributed by atoms with Crippen LogP contribution in [0.4, 0.5) is 19.3 Å². The van der Waals surface area contributed by atoms with E-state index in [-0.39, 0.29) is 48.7 Å². The molecule has 1 saturated heterocycles. The Bertz CT molecular complexity index is 1440. The van der Waals surface area contributed by atoms with Crippen LogP contribution in [-0.4, -0.2) is 42.5 Å². The maximum Gasteiger partial charge on any atom is 0.419 e. The molecular weight excluding hydrogens is 460 g/mol. The molecule has 0 spiro atoms. The molecule has 2 aromatic carbocycles. The predicted octanol–water partition coefficient (Wildman–Crippen LogP) is 2.72. The number of nitrogens with zero attached hydrogens (tertiary/aromatic N) is 3. The van der Waals surface area contributed by atoms with E-state index in [0.717, 1.165) is 12.1 Å². The van der Waals surface area contributed by atoms with Gasteiger partial charge in [0.1, 0.15) is 6.61 Å². The zero-order chi connectivity index (χ0) is 23.5. The number of piperidine rings is 1. The predicted molar refractivity (Wildman–Crippen MR) is 112 cm³/mol. The largest absolute Gasteiger partial charge is 0.444 e. The van der Waals surface area contributed by atoms with Crippen LogP contribution in [0.2, 0.25) is 0 Å². The molecule has 3 aromatic rings. The number of amides is 1. The summed E-state index contributed by atoms with van der Waals surface area (Å²) in [5.74, 6) is -2.69. The van der Waals surface area contributed by atoms with Gasteiger partial charge in [0, 0.05) is 43.9 Å². The van der Waals surface area contributed by atoms with Crippen molar-refractivity contribution in [3.63, 3.8) is 0 Å². The Labute approximate surface area is 186 Å². The Morgan fingerprint density at radius 3 is 2.45 bits per heavy atom. The van der Waals surface area contributed by atoms with Gasteiger partial charge >= 0.3 is 11.8 Å². The Kier molecular flexibility index (Phi) is 5.01. The smallest absolute Gasteiger partial charge is 0.419 e. The second kappa shape index (κ2) is 7.66. The van der Waals surface area contributed by atoms with Crippen LogP contribution >= 0.6 is 0 Å². The van der Waals surface area contributed by atoms with Gasteiger partial charge in [-0.15, -0.1) is 0 Å². The first kappa shape index (κ1) is 21.6. The Morgan fingerprint density at radius 1 is 1.03 bits per heavy atom. The quantitative estimate of drug-likeness (QED) is 0.573. The zero-order valence-corrected chi connectivity index (χ0v) is 18.3. The van der Waals surface area contributed by atoms with Crippen molar-refractivity contribution in [2.24, 2.45) is 7.05 Å². The molecule has 5 rings (SSSR count). The number of rotatable bonds is 3. The van der Waals surface area contributed by atoms with Crippen LogP contribution in [0.5, 0.6) is 0 Å². The molecule has 174 valence electrons. The highest BCUT2D eigenvalue weighted by atomic mass is 32.2. The highest BCUT2D eigenvalue weighted by Crippen LogP contribution is 2.34. The highest BCUT2D eigenvalue weighted by molar-refractivity contribution is 7.89. The number of cyclic esters (lactones) is 1. The molecule has 0 aliphatic carbocycles. The van der Waals surface area contributed by atoms with Crippen LogP contribution in [0.1, 0.15) is 18.4 Å². The van der Waals surface area contributed by atoms with Crippen LogP contribution in [-0.2, 0) is 28.4 Å². The SMILES string of the molecule is Cn1c(=O)oc2cc(S(=O)(=O)N3CCC(N4C(=O)OCc5cc(F)c(F)cc54)CC3)ccc21. The minimum absolute atomic E-state index is 0.0110. The van der Waals surface area contributed by atoms with Gasteiger partial charge in [-0.3, -0.25) is 9.47 Å². The first-order chi connectivity index (χ1) is 15.7. The van der Waals surface area contributed by atoms with Gasteiger partial charge in [-0.1, -0.05) is 0 Å². The number of hydrogen-bond acceptors (Lipinski definition) is 6. The van der Waals surface area contributed by atoms with E-state index < -0.39 is 39.5 Å². The number of benzene rings is 2. The number of halogens is 2. The van der Waals surface area contributed by atoms with Crippen LogP contribution in [0.25, 0.3) is 11.1 Å². The van der Waals surface area contributed by atoms with E-state index in [4.69, 9.17) is 9.15 Å². The Hall–Kier alpha value is -3.25. The third-order valence-electron chi connectivity index (χ3n) is 6.12. The van der Waals surface area contributed by atoms with E-state index in [0.29, 0.717) is 11.1 Å². The fourth-order valence-corrected chi connectivity index (χ4v) is 5.82. The minimum Gasteiger partial charge on any atom is -0.444 e. The van der Waals surface area contributed by atoms with E-state index in [1.165, 1.54) is 39.0 Å². The normalized spacial score (nSPS) is 17.9. The van der Waals surface area contributed by atoms with Crippen LogP contribution < -0.4 is 10.7 Å². The topological polar surface area (TPSA) is 102 Å². The summed E-state index contributed by atoms with van der Waals surface area (Å²) in [5.41, 5.74) is 1.22. The van der Waals surface area contributed by atoms with E-state index in [1.807, 2.05) is 0 Å². The van der Waals surface area contributed by atoms with Crippen molar-refractivity contribution in [1.82, 2.24) is 8.87 Å². The fourth-order valence-electron chi connectivity index (χ4n) is 4.33. The van der Waals surface area contributed by atoms with E-state index in [9.17, 15) is 26.8 Å². The molecule has 1 amide bonds. The summed E-state index contributed by atoms with van der Waals surface area (Å²) in [6.07, 6.45) is -0.135. The van der Waals surface area contributed by atoms with Crippen LogP contribution in [0, 0.1) is 11.6 Å². The summed E-state index contributed by atoms with van der Waals surface area (Å²) in [4.78, 5) is 25.4. The van der Waals surface area contributed by atoms with Crippen molar-refractivity contribution in [3.05, 3.63) is 58.1 Å². The van der Waals surface area contributed by atoms with Gasteiger partial charge in [-0.05, 0) is 31.0 Å². The third-order valence-corrected chi connectivity index (χ3v) is 8.01. The summed E-state index contributed by atoms with van der Waals surface area (Å²) >= 11 is 0. The number of carbonyl (C=O) groups excluding carboxylic acids is 1. The number of sulfonamides is 1. The monoisotopic (exact) mass is 479 g/mol. The summed E-state index contributed by atoms with van der Waals surface area (Å²) < 4.78 is 66.5. The lowest BCUT2D eigenvalue weighted by molar-refractivity contribution is 0.135. The molecule has 0 saturated carbocycles. The summed E-state index contributed by atoms with van der Waals surface area (Å²) in [6, 6.07) is 5.76. The summed E-state index contributed by atoms with van der Waals surface area (Å²) in [5, 5.41) is 0. The van der Waals surface area contributed by atoms with Gasteiger partial charge in [0.05, 0.1) is 16.1 Å². The molecule has 3 heterocycles. The number of hydrogen-bond donors (Lipinski definition) is 0. The van der Waals surface area contributed by atoms with Crippen molar-refractivity contribution >= 4 is 32.9 Å². The van der Waals surface area contributed by atoms with Crippen LogP contribution in [0.15, 0.2) is 44.4 Å². The second-order valence-corrected chi connectivity index (χ2v) is 9.95. The minimum atomic E-state index is -3.88. The molecule has 0 unspecified atom stereocenters. The van der Waals surface area contributed by atoms with Crippen molar-refractivity contribution in [3.8, 4) is 0 Å². The molecule has 2 aliphatic heterocycles. The van der Waals surface area contributed by atoms with Gasteiger partial charge in [0.15, 0.2) is 17.2 Å². The number of fused-ring (bicyclic) bond motifs is 2. The molecule has 33 heavy (non-hydrogen) atoms. The highest BCUT2D eigenvalue weighted by Gasteiger charge is 2.37. The number of aromatic nitrogens is 1. The summed E-state index contributed by atoms with van der Waals surface area (Å²) in [7, 11) is -2.35. The van der Waals surface area contributed by atoms with Crippen molar-refractivity contribution < 1.29 is 31.1 Å². The Balaban J connectivity index is 1.38. The number of aryl methyl sites for hydroxylation is 1. The third kappa shape index (κ3) is 3.49. The maximum atomic E-state index is 13.8. The molecule has 0 N–H and O–H groups in total. The van der Waals surface area contributed by atoms with E-state index in [2.05, 4.69) is 0 Å². The fraction of sp³-hybridized carbons (Fsp3) is 0.333. The van der Waals surface area contributed by atoms with E-state index >= 15 is 0 Å². The molecule has 1 fully saturated rings. The molecule has 0 atom stereocenters. The summed E-state index contributed by atoms with van der Waals surface area (Å²) in [6.45, 7) is 0.0479. The number of anilines is 1. The van der Waals surface area contributed by atoms with Gasteiger partial charge in [-0.25, -0.2) is 26.8 Å². The average Bonchev–Trinajstić information content (AvgIpc) is 3.08. The van der Waals surface area contributed by atoms with E-state index in [1.54, 1.807) is 0 Å². The zero-order valence-electron chi connectivity index (χ0n) is 17.5. The molecule has 9 nitrogen and oxygen atoms in total. The van der Waals surface area contributed by atoms with Gasteiger partial charge in [-0.2, -0.15) is 4.31 Å². The average molecular weight is 479 g/mol. The maximum absolute atomic E-state index is 13.8. The molecule has 1 aromatic heterocycles. The van der Waals surface area contributed by atoms with Crippen molar-refractivity contribution in [2.75, 3.05) is 18.0 Å². The van der Waals surface area contributed by atoms with Crippen molar-refractivity contribution in [2.45, 2.75) is 30.4 Å². The standard InChI is InChI=1S/C21H19F2N3O6S/c1-24-17-3-2-14(9-19(17)32-20(24)27)33(29,30)25-6-4-13(5-7-25)26-18-10-16(23)15(22)8-12(18)11-31-21(26)28/h2-3,8-10,13H,4-7,11H2,1H3. The van der Waals surface area contributed by atoms with Gasteiger partial charge in [0.25, 0.3) is 0 Å². The molecule has 12 heteroatoms. The number of ether oxygens (including phenoxy) is 1. The molecule has 0 bridgehead atoms. The van der Waals surface area contributed by atoms with Gasteiger partial charge < -0.3 is 9.15 Å². The Morgan fingerprint density at radius 2 is 1.73 bits per heavy atom. The molecular formula is C21H19F2N3O6S.